The van der Waals surface area contributed by atoms with Gasteiger partial charge in [-0.05, 0) is 15.9 Å². The molecule has 0 saturated carbocycles. The molecule has 0 aromatic heterocycles. The Morgan fingerprint density at radius 3 is 2.47 bits per heavy atom. The summed E-state index contributed by atoms with van der Waals surface area (Å²) in [7, 11) is 0. The molecule has 1 N–H and O–H groups in total. The first kappa shape index (κ1) is 13.7. The lowest BCUT2D eigenvalue weighted by molar-refractivity contribution is -0.384. The summed E-state index contributed by atoms with van der Waals surface area (Å²) in [6, 6.07) is 1.43. The van der Waals surface area contributed by atoms with Crippen LogP contribution in [0.25, 0.3) is 0 Å². The van der Waals surface area contributed by atoms with Gasteiger partial charge in [0.15, 0.2) is 0 Å². The summed E-state index contributed by atoms with van der Waals surface area (Å²) in [4.78, 5) is 9.65. The van der Waals surface area contributed by atoms with Gasteiger partial charge in [-0.2, -0.15) is 13.2 Å². The van der Waals surface area contributed by atoms with Crippen molar-refractivity contribution in [3.05, 3.63) is 32.5 Å². The van der Waals surface area contributed by atoms with Crippen molar-refractivity contribution in [1.29, 1.82) is 0 Å². The van der Waals surface area contributed by atoms with Crippen LogP contribution in [-0.2, 0) is 0 Å². The number of nitrogens with zero attached hydrogens (tertiary/aromatic N) is 1. The van der Waals surface area contributed by atoms with Gasteiger partial charge in [0.25, 0.3) is 5.69 Å². The lowest BCUT2D eigenvalue weighted by atomic mass is 10.2. The Bertz CT molecular complexity index is 450. The molecule has 4 nitrogen and oxygen atoms in total. The van der Waals surface area contributed by atoms with Gasteiger partial charge < -0.3 is 5.32 Å². The van der Waals surface area contributed by atoms with Gasteiger partial charge in [-0.1, -0.05) is 0 Å². The van der Waals surface area contributed by atoms with E-state index in [0.717, 1.165) is 6.07 Å². The van der Waals surface area contributed by atoms with E-state index in [1.807, 2.05) is 0 Å². The van der Waals surface area contributed by atoms with Crippen LogP contribution < -0.4 is 5.32 Å². The Balaban J connectivity index is 3.05. The van der Waals surface area contributed by atoms with Crippen LogP contribution in [0.15, 0.2) is 16.6 Å². The molecular weight excluding hydrogens is 312 g/mol. The van der Waals surface area contributed by atoms with Crippen LogP contribution in [0.5, 0.6) is 0 Å². The summed E-state index contributed by atoms with van der Waals surface area (Å²) in [5, 5.41) is 12.3. The fourth-order valence-electron chi connectivity index (χ4n) is 1.02. The molecule has 0 heterocycles. The Morgan fingerprint density at radius 2 is 2.00 bits per heavy atom. The summed E-state index contributed by atoms with van der Waals surface area (Å²) in [6.45, 7) is -1.48. The van der Waals surface area contributed by atoms with Gasteiger partial charge in [-0.15, -0.1) is 0 Å². The second-order valence-electron chi connectivity index (χ2n) is 3.01. The molecule has 1 aromatic rings. The lowest BCUT2D eigenvalue weighted by Crippen LogP contribution is -2.21. The molecule has 0 atom stereocenters. The van der Waals surface area contributed by atoms with Gasteiger partial charge in [0, 0.05) is 12.1 Å². The van der Waals surface area contributed by atoms with E-state index in [1.54, 1.807) is 5.32 Å². The summed E-state index contributed by atoms with van der Waals surface area (Å²) in [5.74, 6) is -0.889. The molecule has 0 fully saturated rings. The van der Waals surface area contributed by atoms with E-state index in [4.69, 9.17) is 0 Å². The molecule has 0 aliphatic carbocycles. The van der Waals surface area contributed by atoms with Crippen molar-refractivity contribution < 1.29 is 22.5 Å². The number of nitrogens with one attached hydrogen (secondary N) is 1. The molecule has 1 rings (SSSR count). The topological polar surface area (TPSA) is 55.2 Å². The van der Waals surface area contributed by atoms with E-state index in [2.05, 4.69) is 15.9 Å². The molecule has 0 aliphatic heterocycles. The molecule has 9 heteroatoms. The minimum absolute atomic E-state index is 0.193. The fraction of sp³-hybridized carbons (Fsp3) is 0.250. The van der Waals surface area contributed by atoms with Crippen LogP contribution in [0.3, 0.4) is 0 Å². The summed E-state index contributed by atoms with van der Waals surface area (Å²) in [6.07, 6.45) is -4.54. The number of rotatable bonds is 3. The van der Waals surface area contributed by atoms with Gasteiger partial charge in [0.05, 0.1) is 9.40 Å². The van der Waals surface area contributed by atoms with Gasteiger partial charge in [-0.3, -0.25) is 10.1 Å². The molecule has 17 heavy (non-hydrogen) atoms. The smallest absolute Gasteiger partial charge is 0.371 e. The van der Waals surface area contributed by atoms with Crippen molar-refractivity contribution in [2.75, 3.05) is 11.9 Å². The molecule has 0 amide bonds. The molecule has 0 saturated heterocycles. The second kappa shape index (κ2) is 4.86. The maximum Gasteiger partial charge on any atom is 0.405 e. The monoisotopic (exact) mass is 316 g/mol. The zero-order chi connectivity index (χ0) is 13.2. The summed E-state index contributed by atoms with van der Waals surface area (Å²) < 4.78 is 48.6. The van der Waals surface area contributed by atoms with Gasteiger partial charge >= 0.3 is 6.18 Å². The molecule has 94 valence electrons. The largest absolute Gasteiger partial charge is 0.405 e. The Morgan fingerprint density at radius 1 is 1.41 bits per heavy atom. The Hall–Kier alpha value is -1.38. The van der Waals surface area contributed by atoms with E-state index in [-0.39, 0.29) is 4.47 Å². The Labute approximate surface area is 101 Å². The van der Waals surface area contributed by atoms with Crippen LogP contribution in [0.2, 0.25) is 0 Å². The molecular formula is C8H5BrF4N2O2. The van der Waals surface area contributed by atoms with E-state index in [0.29, 0.717) is 6.07 Å². The molecule has 0 aliphatic rings. The summed E-state index contributed by atoms with van der Waals surface area (Å²) in [5.41, 5.74) is -1.16. The molecule has 0 radical (unpaired) electrons. The molecule has 0 bridgehead atoms. The van der Waals surface area contributed by atoms with Crippen LogP contribution in [-0.4, -0.2) is 17.6 Å². The standard InChI is InChI=1S/C8H5BrF4N2O2/c9-4-1-7(15(16)17)6(2-5(4)10)14-3-8(11,12)13/h1-2,14H,3H2. The third kappa shape index (κ3) is 3.84. The third-order valence-corrected chi connectivity index (χ3v) is 2.32. The molecule has 0 unspecified atom stereocenters. The maximum absolute atomic E-state index is 13.1. The zero-order valence-electron chi connectivity index (χ0n) is 8.02. The van der Waals surface area contributed by atoms with E-state index < -0.39 is 34.8 Å². The zero-order valence-corrected chi connectivity index (χ0v) is 9.60. The predicted octanol–water partition coefficient (Wildman–Crippen LogP) is 3.47. The van der Waals surface area contributed by atoms with Crippen LogP contribution >= 0.6 is 15.9 Å². The number of hydrogen-bond acceptors (Lipinski definition) is 3. The normalized spacial score (nSPS) is 11.4. The number of benzene rings is 1. The van der Waals surface area contributed by atoms with Crippen LogP contribution in [0, 0.1) is 15.9 Å². The van der Waals surface area contributed by atoms with Crippen LogP contribution in [0.1, 0.15) is 0 Å². The highest BCUT2D eigenvalue weighted by Crippen LogP contribution is 2.31. The van der Waals surface area contributed by atoms with Crippen LogP contribution in [0.4, 0.5) is 28.9 Å². The number of hydrogen-bond donors (Lipinski definition) is 1. The minimum Gasteiger partial charge on any atom is -0.371 e. The van der Waals surface area contributed by atoms with Gasteiger partial charge in [-0.25, -0.2) is 4.39 Å². The van der Waals surface area contributed by atoms with Crippen molar-refractivity contribution in [1.82, 2.24) is 0 Å². The van der Waals surface area contributed by atoms with E-state index in [1.165, 1.54) is 0 Å². The minimum atomic E-state index is -4.54. The average Bonchev–Trinajstić information content (AvgIpc) is 2.17. The number of alkyl halides is 3. The van der Waals surface area contributed by atoms with E-state index >= 15 is 0 Å². The molecule has 0 spiro atoms. The number of nitro groups is 1. The highest BCUT2D eigenvalue weighted by Gasteiger charge is 2.28. The van der Waals surface area contributed by atoms with E-state index in [9.17, 15) is 27.7 Å². The van der Waals surface area contributed by atoms with Gasteiger partial charge in [0.2, 0.25) is 0 Å². The predicted molar refractivity (Wildman–Crippen MR) is 55.3 cm³/mol. The first-order chi connectivity index (χ1) is 7.70. The average molecular weight is 317 g/mol. The Kier molecular flexibility index (Phi) is 3.91. The highest BCUT2D eigenvalue weighted by atomic mass is 79.9. The van der Waals surface area contributed by atoms with Crippen molar-refractivity contribution in [2.24, 2.45) is 0 Å². The second-order valence-corrected chi connectivity index (χ2v) is 3.86. The first-order valence-electron chi connectivity index (χ1n) is 4.15. The lowest BCUT2D eigenvalue weighted by Gasteiger charge is -2.10. The van der Waals surface area contributed by atoms with Gasteiger partial charge in [0.1, 0.15) is 18.0 Å². The van der Waals surface area contributed by atoms with Crippen molar-refractivity contribution in [3.63, 3.8) is 0 Å². The van der Waals surface area contributed by atoms with Crippen molar-refractivity contribution >= 4 is 27.3 Å². The number of nitro benzene ring substituents is 1. The number of halogens is 5. The van der Waals surface area contributed by atoms with Crippen molar-refractivity contribution in [2.45, 2.75) is 6.18 Å². The summed E-state index contributed by atoms with van der Waals surface area (Å²) >= 11 is 2.71. The maximum atomic E-state index is 13.1. The quantitative estimate of drug-likeness (QED) is 0.528. The number of anilines is 1. The third-order valence-electron chi connectivity index (χ3n) is 1.71. The van der Waals surface area contributed by atoms with Crippen molar-refractivity contribution in [3.8, 4) is 0 Å². The SMILES string of the molecule is O=[N+]([O-])c1cc(Br)c(F)cc1NCC(F)(F)F. The molecule has 1 aromatic carbocycles. The first-order valence-corrected chi connectivity index (χ1v) is 4.94. The highest BCUT2D eigenvalue weighted by molar-refractivity contribution is 9.10. The fourth-order valence-corrected chi connectivity index (χ4v) is 1.36.